The Labute approximate surface area is 149 Å². The van der Waals surface area contributed by atoms with Crippen LogP contribution in [-0.2, 0) is 11.8 Å². The highest BCUT2D eigenvalue weighted by molar-refractivity contribution is 7.99. The molecule has 0 bridgehead atoms. The Morgan fingerprint density at radius 2 is 2.12 bits per heavy atom. The van der Waals surface area contributed by atoms with Crippen LogP contribution in [0, 0.1) is 12.3 Å². The fourth-order valence-electron chi connectivity index (χ4n) is 2.89. The summed E-state index contributed by atoms with van der Waals surface area (Å²) in [7, 11) is 3.36. The van der Waals surface area contributed by atoms with Gasteiger partial charge < -0.3 is 14.6 Å². The number of nitrogens with zero attached hydrogens (tertiary/aromatic N) is 2. The molecule has 1 aliphatic rings. The third-order valence-corrected chi connectivity index (χ3v) is 5.04. The van der Waals surface area contributed by atoms with Gasteiger partial charge in [0.1, 0.15) is 11.6 Å². The number of ether oxygens (including phenoxy) is 1. The Morgan fingerprint density at radius 3 is 2.76 bits per heavy atom. The lowest BCUT2D eigenvalue weighted by atomic mass is 9.87. The van der Waals surface area contributed by atoms with Crippen molar-refractivity contribution in [1.29, 1.82) is 0 Å². The van der Waals surface area contributed by atoms with E-state index in [1.807, 2.05) is 24.3 Å². The van der Waals surface area contributed by atoms with Crippen LogP contribution in [-0.4, -0.2) is 28.3 Å². The molecule has 0 saturated heterocycles. The molecule has 1 N–H and O–H groups in total. The second kappa shape index (κ2) is 7.03. The summed E-state index contributed by atoms with van der Waals surface area (Å²) in [5.41, 5.74) is 1.03. The molecule has 2 aromatic rings. The number of hydrogen-bond acceptors (Lipinski definition) is 5. The van der Waals surface area contributed by atoms with Gasteiger partial charge in [0.2, 0.25) is 5.91 Å². The van der Waals surface area contributed by atoms with Crippen LogP contribution in [0.4, 0.5) is 5.82 Å². The van der Waals surface area contributed by atoms with Gasteiger partial charge in [0.15, 0.2) is 5.16 Å². The quantitative estimate of drug-likeness (QED) is 0.516. The van der Waals surface area contributed by atoms with Crippen LogP contribution in [0.25, 0.3) is 0 Å². The van der Waals surface area contributed by atoms with Gasteiger partial charge in [0.05, 0.1) is 18.4 Å². The fourth-order valence-corrected chi connectivity index (χ4v) is 3.54. The Kier molecular flexibility index (Phi) is 4.81. The number of thioether (sulfide) groups is 1. The maximum atomic E-state index is 12.6. The van der Waals surface area contributed by atoms with Crippen LogP contribution in [0.15, 0.2) is 34.2 Å². The number of carbonyl (C=O) groups is 1. The molecule has 1 atom stereocenters. The number of aromatic nitrogens is 2. The lowest BCUT2D eigenvalue weighted by Crippen LogP contribution is -2.33. The van der Waals surface area contributed by atoms with E-state index in [-0.39, 0.29) is 23.8 Å². The lowest BCUT2D eigenvalue weighted by molar-refractivity contribution is -0.116. The summed E-state index contributed by atoms with van der Waals surface area (Å²) >= 11 is 1.29. The molecule has 1 aliphatic heterocycles. The van der Waals surface area contributed by atoms with Crippen LogP contribution in [0.1, 0.15) is 23.5 Å². The van der Waals surface area contributed by atoms with Crippen LogP contribution in [0.3, 0.4) is 0 Å². The molecule has 0 radical (unpaired) electrons. The van der Waals surface area contributed by atoms with Gasteiger partial charge in [-0.1, -0.05) is 29.8 Å². The maximum absolute atomic E-state index is 12.6. The smallest absolute Gasteiger partial charge is 0.279 e. The molecular weight excluding hydrogens is 338 g/mol. The first kappa shape index (κ1) is 17.1. The Hall–Kier alpha value is -2.72. The fraction of sp³-hybridized carbons (Fsp3) is 0.278. The summed E-state index contributed by atoms with van der Waals surface area (Å²) in [5, 5.41) is 3.29. The molecule has 0 saturated carbocycles. The number of terminal acetylenes is 1. The van der Waals surface area contributed by atoms with Gasteiger partial charge in [-0.3, -0.25) is 9.59 Å². The topological polar surface area (TPSA) is 73.2 Å². The van der Waals surface area contributed by atoms with E-state index in [4.69, 9.17) is 11.2 Å². The number of methoxy groups -OCH3 is 1. The van der Waals surface area contributed by atoms with Gasteiger partial charge in [0.25, 0.3) is 5.56 Å². The van der Waals surface area contributed by atoms with Gasteiger partial charge in [-0.25, -0.2) is 0 Å². The number of carbonyl (C=O) groups excluding carboxylic acids is 1. The highest BCUT2D eigenvalue weighted by Crippen LogP contribution is 2.36. The zero-order valence-electron chi connectivity index (χ0n) is 13.9. The molecule has 0 fully saturated rings. The highest BCUT2D eigenvalue weighted by atomic mass is 32.2. The van der Waals surface area contributed by atoms with E-state index >= 15 is 0 Å². The maximum Gasteiger partial charge on any atom is 0.279 e. The van der Waals surface area contributed by atoms with E-state index in [0.717, 1.165) is 11.3 Å². The van der Waals surface area contributed by atoms with Gasteiger partial charge in [-0.05, 0) is 17.7 Å². The van der Waals surface area contributed by atoms with Crippen LogP contribution in [0.5, 0.6) is 5.75 Å². The first-order valence-corrected chi connectivity index (χ1v) is 8.64. The van der Waals surface area contributed by atoms with E-state index in [2.05, 4.69) is 16.2 Å². The van der Waals surface area contributed by atoms with Crippen LogP contribution < -0.4 is 15.6 Å². The number of hydrogen-bond donors (Lipinski definition) is 1. The first-order valence-electron chi connectivity index (χ1n) is 7.66. The second-order valence-electron chi connectivity index (χ2n) is 5.59. The summed E-state index contributed by atoms with van der Waals surface area (Å²) in [4.78, 5) is 29.0. The van der Waals surface area contributed by atoms with Crippen LogP contribution in [0.2, 0.25) is 0 Å². The van der Waals surface area contributed by atoms with Gasteiger partial charge in [-0.15, -0.1) is 6.42 Å². The molecule has 7 heteroatoms. The molecule has 25 heavy (non-hydrogen) atoms. The second-order valence-corrected chi connectivity index (χ2v) is 6.53. The minimum Gasteiger partial charge on any atom is -0.497 e. The summed E-state index contributed by atoms with van der Waals surface area (Å²) < 4.78 is 6.88. The minimum absolute atomic E-state index is 0.137. The predicted octanol–water partition coefficient (Wildman–Crippen LogP) is 1.99. The molecule has 128 valence electrons. The normalized spacial score (nSPS) is 15.9. The van der Waals surface area contributed by atoms with E-state index in [1.54, 1.807) is 18.7 Å². The lowest BCUT2D eigenvalue weighted by Gasteiger charge is -2.27. The molecule has 6 nitrogen and oxygen atoms in total. The first-order chi connectivity index (χ1) is 12.0. The van der Waals surface area contributed by atoms with E-state index in [9.17, 15) is 9.59 Å². The molecule has 1 unspecified atom stereocenters. The number of benzene rings is 1. The van der Waals surface area contributed by atoms with Crippen molar-refractivity contribution in [3.8, 4) is 18.1 Å². The number of rotatable bonds is 4. The molecule has 3 rings (SSSR count). The number of amides is 1. The molecular formula is C18H17N3O3S. The van der Waals surface area contributed by atoms with Crippen molar-refractivity contribution in [1.82, 2.24) is 9.55 Å². The molecule has 1 amide bonds. The van der Waals surface area contributed by atoms with Crippen molar-refractivity contribution in [3.05, 3.63) is 45.7 Å². The molecule has 0 spiro atoms. The molecule has 1 aromatic carbocycles. The predicted molar refractivity (Wildman–Crippen MR) is 97.1 cm³/mol. The SMILES string of the molecule is C#CCSc1nc(=O)c2c(n1C)NC(=O)CC2c1ccc(OC)cc1. The monoisotopic (exact) mass is 355 g/mol. The van der Waals surface area contributed by atoms with Crippen LogP contribution >= 0.6 is 11.8 Å². The van der Waals surface area contributed by atoms with Crippen molar-refractivity contribution in [2.24, 2.45) is 7.05 Å². The van der Waals surface area contributed by atoms with Crippen molar-refractivity contribution >= 4 is 23.5 Å². The molecule has 1 aromatic heterocycles. The van der Waals surface area contributed by atoms with E-state index < -0.39 is 0 Å². The molecule has 2 heterocycles. The average molecular weight is 355 g/mol. The summed E-state index contributed by atoms with van der Waals surface area (Å²) in [6, 6.07) is 7.37. The van der Waals surface area contributed by atoms with Gasteiger partial charge in [-0.2, -0.15) is 4.98 Å². The zero-order chi connectivity index (χ0) is 18.0. The van der Waals surface area contributed by atoms with E-state index in [1.165, 1.54) is 11.8 Å². The number of nitrogens with one attached hydrogen (secondary N) is 1. The Bertz CT molecular complexity index is 913. The molecule has 0 aliphatic carbocycles. The average Bonchev–Trinajstić information content (AvgIpc) is 2.62. The Morgan fingerprint density at radius 1 is 1.40 bits per heavy atom. The third-order valence-electron chi connectivity index (χ3n) is 4.10. The van der Waals surface area contributed by atoms with Crippen molar-refractivity contribution in [3.63, 3.8) is 0 Å². The number of anilines is 1. The van der Waals surface area contributed by atoms with Crippen molar-refractivity contribution in [2.45, 2.75) is 17.5 Å². The van der Waals surface area contributed by atoms with Gasteiger partial charge in [0, 0.05) is 19.4 Å². The van der Waals surface area contributed by atoms with Gasteiger partial charge >= 0.3 is 0 Å². The number of fused-ring (bicyclic) bond motifs is 1. The summed E-state index contributed by atoms with van der Waals surface area (Å²) in [6.07, 6.45) is 5.48. The minimum atomic E-state index is -0.340. The Balaban J connectivity index is 2.11. The summed E-state index contributed by atoms with van der Waals surface area (Å²) in [5.74, 6) is 3.63. The highest BCUT2D eigenvalue weighted by Gasteiger charge is 2.32. The van der Waals surface area contributed by atoms with Crippen molar-refractivity contribution < 1.29 is 9.53 Å². The third kappa shape index (κ3) is 3.26. The van der Waals surface area contributed by atoms with Crippen molar-refractivity contribution in [2.75, 3.05) is 18.2 Å². The zero-order valence-corrected chi connectivity index (χ0v) is 14.7. The standard InChI is InChI=1S/C18H17N3O3S/c1-4-9-25-18-20-17(23)15-13(10-14(22)19-16(15)21(18)2)11-5-7-12(24-3)8-6-11/h1,5-8,13H,9-10H2,2-3H3,(H,19,22). The largest absolute Gasteiger partial charge is 0.497 e. The summed E-state index contributed by atoms with van der Waals surface area (Å²) in [6.45, 7) is 0. The van der Waals surface area contributed by atoms with E-state index in [0.29, 0.717) is 22.3 Å².